The van der Waals surface area contributed by atoms with Crippen molar-refractivity contribution in [3.05, 3.63) is 315 Å². The predicted molar refractivity (Wildman–Crippen MR) is 476 cm³/mol. The molecule has 3 saturated heterocycles. The summed E-state index contributed by atoms with van der Waals surface area (Å²) in [4.78, 5) is 91.9. The Hall–Kier alpha value is -12.6. The molecule has 3 aliphatic rings. The molecule has 22 nitrogen and oxygen atoms in total. The molecular weight excluding hydrogens is 1620 g/mol. The molecule has 0 radical (unpaired) electrons. The number of nitrogens with zero attached hydrogens (tertiary/aromatic N) is 11. The van der Waals surface area contributed by atoms with Gasteiger partial charge in [-0.05, 0) is 204 Å². The van der Waals surface area contributed by atoms with E-state index in [2.05, 4.69) is 119 Å². The molecule has 13 aromatic rings. The lowest BCUT2D eigenvalue weighted by Crippen LogP contribution is -2.54. The third kappa shape index (κ3) is 23.3. The van der Waals surface area contributed by atoms with E-state index in [0.717, 1.165) is 127 Å². The van der Waals surface area contributed by atoms with Crippen LogP contribution in [0.15, 0.2) is 262 Å². The number of aryl methyl sites for hydroxylation is 1. The topological polar surface area (TPSA) is 265 Å². The number of carbonyl (C=O) groups is 4. The number of nitrogens with one attached hydrogen (secondary N) is 7. The first-order valence-electron chi connectivity index (χ1n) is 39.0. The maximum Gasteiger partial charge on any atom is 0.433 e. The molecule has 5 aromatic carbocycles. The Morgan fingerprint density at radius 2 is 0.752 bits per heavy atom. The van der Waals surface area contributed by atoms with Crippen molar-refractivity contribution >= 4 is 110 Å². The summed E-state index contributed by atoms with van der Waals surface area (Å²) in [5.41, 5.74) is 10.7. The summed E-state index contributed by atoms with van der Waals surface area (Å²) >= 11 is 25.3. The second-order valence-corrected chi connectivity index (χ2v) is 30.7. The Morgan fingerprint density at radius 3 is 1.09 bits per heavy atom. The van der Waals surface area contributed by atoms with Crippen molar-refractivity contribution in [3.8, 4) is 56.2 Å². The molecule has 16 rings (SSSR count). The van der Waals surface area contributed by atoms with Gasteiger partial charge in [-0.3, -0.25) is 39.1 Å². The molecule has 8 aromatic heterocycles. The third-order valence-corrected chi connectivity index (χ3v) is 21.1. The number of carbonyl (C=O) groups excluding carboxylic acids is 4. The number of alkyl halides is 3. The summed E-state index contributed by atoms with van der Waals surface area (Å²) in [5, 5.41) is 24.0. The van der Waals surface area contributed by atoms with Crippen molar-refractivity contribution in [2.24, 2.45) is 0 Å². The fraction of sp³-hybridized carbons (Fsp3) is 0.196. The second-order valence-electron chi connectivity index (χ2n) is 29.1. The molecule has 7 N–H and O–H groups in total. The normalized spacial score (nSPS) is 15.7. The minimum Gasteiger partial charge on any atom is -0.354 e. The van der Waals surface area contributed by atoms with Crippen LogP contribution < -0.4 is 51.9 Å². The SMILES string of the molecule is C[C@@H]1CN(c2ccc(C(=O)Nc3ccc(Cl)c(-c4ccccn4)c3)cn2)CCN1.C[C@@H]1CN(c2ccc(C(=O)Nc3ccc(Cl)c(-c4ccccn4)c3)cn2)C[C@H](C)N1.C[C@H]1CN(c2ccc(C(=O)Nc3ccc(Cl)c(-c4ccccn4)c3)cn2)CCN1.Cc1nc(C(F)(F)F)ccc1C(=O)Nc1ccc(Cl)c(-c2ccc(-c3ccccc3)cn2)c1. The van der Waals surface area contributed by atoms with Crippen LogP contribution in [0, 0.1) is 6.92 Å². The van der Waals surface area contributed by atoms with Gasteiger partial charge in [0.25, 0.3) is 23.6 Å². The summed E-state index contributed by atoms with van der Waals surface area (Å²) in [6.45, 7) is 17.3. The van der Waals surface area contributed by atoms with E-state index in [-0.39, 0.29) is 29.0 Å². The third-order valence-electron chi connectivity index (χ3n) is 19.8. The van der Waals surface area contributed by atoms with Gasteiger partial charge >= 0.3 is 6.18 Å². The van der Waals surface area contributed by atoms with Crippen molar-refractivity contribution in [2.75, 3.05) is 88.3 Å². The molecule has 0 saturated carbocycles. The van der Waals surface area contributed by atoms with Crippen molar-refractivity contribution in [2.45, 2.75) is 65.0 Å². The van der Waals surface area contributed by atoms with Crippen LogP contribution >= 0.6 is 46.4 Å². The van der Waals surface area contributed by atoms with Gasteiger partial charge < -0.3 is 51.9 Å². The quantitative estimate of drug-likeness (QED) is 0.0474. The Bertz CT molecular complexity index is 5550. The number of rotatable bonds is 16. The molecule has 3 fully saturated rings. The van der Waals surface area contributed by atoms with Gasteiger partial charge in [-0.2, -0.15) is 13.2 Å². The lowest BCUT2D eigenvalue weighted by atomic mass is 10.1. The van der Waals surface area contributed by atoms with E-state index in [0.29, 0.717) is 95.0 Å². The molecular formula is C92H85Cl4F3N18O4. The predicted octanol–water partition coefficient (Wildman–Crippen LogP) is 19.0. The number of amides is 4. The van der Waals surface area contributed by atoms with Crippen molar-refractivity contribution in [3.63, 3.8) is 0 Å². The van der Waals surface area contributed by atoms with E-state index < -0.39 is 17.8 Å². The molecule has 0 spiro atoms. The maximum absolute atomic E-state index is 12.8. The minimum absolute atomic E-state index is 0.0188. The molecule has 0 aliphatic carbocycles. The molecule has 11 heterocycles. The number of hydrogen-bond donors (Lipinski definition) is 7. The van der Waals surface area contributed by atoms with E-state index in [1.54, 1.807) is 110 Å². The van der Waals surface area contributed by atoms with E-state index >= 15 is 0 Å². The van der Waals surface area contributed by atoms with E-state index in [1.165, 1.54) is 6.92 Å². The van der Waals surface area contributed by atoms with Gasteiger partial charge in [-0.25, -0.2) is 19.9 Å². The van der Waals surface area contributed by atoms with Crippen LogP contribution in [0.1, 0.15) is 80.5 Å². The molecule has 4 amide bonds. The van der Waals surface area contributed by atoms with Crippen LogP contribution in [-0.2, 0) is 6.18 Å². The van der Waals surface area contributed by atoms with Gasteiger partial charge in [-0.1, -0.05) is 101 Å². The zero-order chi connectivity index (χ0) is 85.1. The fourth-order valence-electron chi connectivity index (χ4n) is 13.8. The molecule has 121 heavy (non-hydrogen) atoms. The zero-order valence-corrected chi connectivity index (χ0v) is 69.5. The number of pyridine rings is 8. The first-order chi connectivity index (χ1) is 58.4. The first-order valence-corrected chi connectivity index (χ1v) is 40.5. The van der Waals surface area contributed by atoms with Crippen molar-refractivity contribution in [1.29, 1.82) is 0 Å². The highest BCUT2D eigenvalue weighted by atomic mass is 35.5. The van der Waals surface area contributed by atoms with E-state index in [4.69, 9.17) is 46.4 Å². The molecule has 616 valence electrons. The highest BCUT2D eigenvalue weighted by Crippen LogP contribution is 2.36. The molecule has 0 bridgehead atoms. The number of benzene rings is 5. The summed E-state index contributed by atoms with van der Waals surface area (Å²) in [6.07, 6.45) is 7.16. The minimum atomic E-state index is -4.58. The lowest BCUT2D eigenvalue weighted by molar-refractivity contribution is -0.141. The molecule has 29 heteroatoms. The summed E-state index contributed by atoms with van der Waals surface area (Å²) in [5.74, 6) is 1.44. The van der Waals surface area contributed by atoms with Crippen molar-refractivity contribution in [1.82, 2.24) is 55.8 Å². The van der Waals surface area contributed by atoms with Gasteiger partial charge in [0.05, 0.1) is 70.8 Å². The summed E-state index contributed by atoms with van der Waals surface area (Å²) in [6, 6.07) is 66.1. The maximum atomic E-state index is 12.8. The average molecular weight is 1710 g/mol. The van der Waals surface area contributed by atoms with Gasteiger partial charge in [0.1, 0.15) is 23.1 Å². The van der Waals surface area contributed by atoms with Crippen LogP contribution in [0.4, 0.5) is 53.4 Å². The molecule has 0 unspecified atom stereocenters. The van der Waals surface area contributed by atoms with Crippen LogP contribution in [0.25, 0.3) is 56.2 Å². The second kappa shape index (κ2) is 40.4. The smallest absolute Gasteiger partial charge is 0.354 e. The van der Waals surface area contributed by atoms with Gasteiger partial charge in [0.15, 0.2) is 0 Å². The summed E-state index contributed by atoms with van der Waals surface area (Å²) in [7, 11) is 0. The number of hydrogen-bond acceptors (Lipinski definition) is 18. The van der Waals surface area contributed by atoms with Crippen LogP contribution in [0.2, 0.25) is 20.1 Å². The Kier molecular flexibility index (Phi) is 28.8. The van der Waals surface area contributed by atoms with Crippen LogP contribution in [0.5, 0.6) is 0 Å². The largest absolute Gasteiger partial charge is 0.433 e. The highest BCUT2D eigenvalue weighted by Gasteiger charge is 2.33. The van der Waals surface area contributed by atoms with Gasteiger partial charge in [-0.15, -0.1) is 0 Å². The average Bonchev–Trinajstić information content (AvgIpc) is 0.797. The number of anilines is 7. The lowest BCUT2D eigenvalue weighted by Gasteiger charge is -2.36. The van der Waals surface area contributed by atoms with Crippen LogP contribution in [-0.4, -0.2) is 140 Å². The first kappa shape index (κ1) is 86.3. The number of aromatic nitrogens is 8. The highest BCUT2D eigenvalue weighted by molar-refractivity contribution is 6.35. The van der Waals surface area contributed by atoms with Gasteiger partial charge in [0, 0.05) is 170 Å². The monoisotopic (exact) mass is 1700 g/mol. The molecule has 4 atom stereocenters. The van der Waals surface area contributed by atoms with Gasteiger partial charge in [0.2, 0.25) is 0 Å². The van der Waals surface area contributed by atoms with E-state index in [9.17, 15) is 32.3 Å². The van der Waals surface area contributed by atoms with Crippen LogP contribution in [0.3, 0.4) is 0 Å². The van der Waals surface area contributed by atoms with E-state index in [1.807, 2.05) is 140 Å². The molecule has 3 aliphatic heterocycles. The Morgan fingerprint density at radius 1 is 0.380 bits per heavy atom. The zero-order valence-electron chi connectivity index (χ0n) is 66.5. The van der Waals surface area contributed by atoms with Crippen molar-refractivity contribution < 1.29 is 32.3 Å². The Balaban J connectivity index is 0.000000139. The number of piperazine rings is 3. The standard InChI is InChI=1S/C25H17ClF3N3O.C23H24ClN5O.2C22H22ClN5O/c1-15-19(9-12-23(31-15)25(27,28)29)24(33)32-18-8-10-21(26)20(13-18)22-11-7-17(14-30-22)16-5-3-2-4-6-16;1-15-13-29(14-16(2)27-15)22-9-6-17(12-26-22)23(30)28-18-7-8-20(24)19(11-18)21-5-3-4-10-25-21;2*1-15-14-28(11-10-24-15)21-8-5-16(13-26-21)22(29)27-17-6-7-19(23)18(12-17)20-4-2-3-9-25-20/h2-14H,1H3,(H,32,33);3-12,15-16,27H,13-14H2,1-2H3,(H,28,30);2*2-9,12-13,15,24H,10-11,14H2,1H3,(H,27,29)/t;15-,16+;2*15-/m..10/s1. The summed E-state index contributed by atoms with van der Waals surface area (Å²) < 4.78 is 38.5. The Labute approximate surface area is 718 Å². The number of halogens is 7. The fourth-order valence-corrected chi connectivity index (χ4v) is 14.7.